The van der Waals surface area contributed by atoms with Crippen molar-refractivity contribution in [1.82, 2.24) is 5.32 Å². The van der Waals surface area contributed by atoms with Gasteiger partial charge in [0, 0.05) is 0 Å². The van der Waals surface area contributed by atoms with Gasteiger partial charge in [-0.05, 0) is 57.0 Å². The molecule has 0 bridgehead atoms. The van der Waals surface area contributed by atoms with E-state index in [1.54, 1.807) is 19.1 Å². The highest BCUT2D eigenvalue weighted by atomic mass is 35.5. The number of nitrogens with one attached hydrogen (secondary N) is 1. The Morgan fingerprint density at radius 2 is 1.79 bits per heavy atom. The van der Waals surface area contributed by atoms with Gasteiger partial charge >= 0.3 is 0 Å². The van der Waals surface area contributed by atoms with Crippen LogP contribution >= 0.6 is 11.6 Å². The monoisotopic (exact) mass is 438 g/mol. The summed E-state index contributed by atoms with van der Waals surface area (Å²) in [4.78, 5) is 12.9. The molecule has 0 heterocycles. The van der Waals surface area contributed by atoms with Crippen LogP contribution < -0.4 is 14.4 Å². The normalized spacial score (nSPS) is 13.5. The molecule has 1 amide bonds. The highest BCUT2D eigenvalue weighted by molar-refractivity contribution is 7.92. The van der Waals surface area contributed by atoms with Crippen molar-refractivity contribution in [3.8, 4) is 5.75 Å². The molecule has 0 saturated carbocycles. The van der Waals surface area contributed by atoms with Crippen LogP contribution in [0.1, 0.15) is 36.6 Å². The zero-order valence-corrected chi connectivity index (χ0v) is 19.1. The van der Waals surface area contributed by atoms with Crippen molar-refractivity contribution in [3.05, 3.63) is 58.1 Å². The van der Waals surface area contributed by atoms with Gasteiger partial charge in [-0.25, -0.2) is 8.42 Å². The number of ether oxygens (including phenoxy) is 1. The Hall–Kier alpha value is -2.25. The molecule has 0 unspecified atom stereocenters. The second-order valence-corrected chi connectivity index (χ2v) is 9.41. The lowest BCUT2D eigenvalue weighted by atomic mass is 10.00. The zero-order valence-electron chi connectivity index (χ0n) is 17.5. The SMILES string of the molecule is COc1ccc(N([C@@H](C)C(=O)N[C@@H](C)c2ccc(C)cc2C)S(C)(=O)=O)cc1Cl. The van der Waals surface area contributed by atoms with Gasteiger partial charge in [-0.3, -0.25) is 9.10 Å². The lowest BCUT2D eigenvalue weighted by molar-refractivity contribution is -0.122. The highest BCUT2D eigenvalue weighted by Gasteiger charge is 2.30. The number of hydrogen-bond acceptors (Lipinski definition) is 4. The fourth-order valence-electron chi connectivity index (χ4n) is 3.32. The van der Waals surface area contributed by atoms with Gasteiger partial charge in [-0.1, -0.05) is 35.4 Å². The molecule has 2 atom stereocenters. The van der Waals surface area contributed by atoms with Gasteiger partial charge in [0.1, 0.15) is 11.8 Å². The van der Waals surface area contributed by atoms with E-state index in [0.29, 0.717) is 11.4 Å². The van der Waals surface area contributed by atoms with Crippen molar-refractivity contribution in [2.75, 3.05) is 17.7 Å². The average Bonchev–Trinajstić information content (AvgIpc) is 2.60. The van der Waals surface area contributed by atoms with Crippen molar-refractivity contribution in [3.63, 3.8) is 0 Å². The summed E-state index contributed by atoms with van der Waals surface area (Å²) in [6.45, 7) is 7.41. The van der Waals surface area contributed by atoms with Gasteiger partial charge in [-0.15, -0.1) is 0 Å². The third kappa shape index (κ3) is 5.42. The topological polar surface area (TPSA) is 75.7 Å². The molecule has 29 heavy (non-hydrogen) atoms. The molecule has 0 spiro atoms. The molecule has 1 N–H and O–H groups in total. The third-order valence-corrected chi connectivity index (χ3v) is 6.27. The molecule has 0 aromatic heterocycles. The van der Waals surface area contributed by atoms with E-state index in [1.807, 2.05) is 39.0 Å². The maximum Gasteiger partial charge on any atom is 0.244 e. The molecule has 2 aromatic carbocycles. The van der Waals surface area contributed by atoms with Crippen molar-refractivity contribution >= 4 is 33.2 Å². The second kappa shape index (κ2) is 9.05. The number of amides is 1. The van der Waals surface area contributed by atoms with E-state index in [9.17, 15) is 13.2 Å². The summed E-state index contributed by atoms with van der Waals surface area (Å²) in [5.74, 6) is 0.0132. The molecule has 0 fully saturated rings. The summed E-state index contributed by atoms with van der Waals surface area (Å²) in [5.41, 5.74) is 3.47. The van der Waals surface area contributed by atoms with Crippen LogP contribution in [0.3, 0.4) is 0 Å². The van der Waals surface area contributed by atoms with Gasteiger partial charge in [0.05, 0.1) is 30.1 Å². The fraction of sp³-hybridized carbons (Fsp3) is 0.381. The van der Waals surface area contributed by atoms with Gasteiger partial charge in [0.15, 0.2) is 0 Å². The van der Waals surface area contributed by atoms with Crippen molar-refractivity contribution in [2.24, 2.45) is 0 Å². The van der Waals surface area contributed by atoms with E-state index in [1.165, 1.54) is 13.2 Å². The molecule has 0 aliphatic rings. The van der Waals surface area contributed by atoms with Crippen LogP contribution in [0.4, 0.5) is 5.69 Å². The van der Waals surface area contributed by atoms with Crippen molar-refractivity contribution < 1.29 is 17.9 Å². The summed E-state index contributed by atoms with van der Waals surface area (Å²) < 4.78 is 31.1. The number of anilines is 1. The molecule has 0 radical (unpaired) electrons. The molecular formula is C21H27ClN2O4S. The maximum atomic E-state index is 12.9. The van der Waals surface area contributed by atoms with E-state index >= 15 is 0 Å². The van der Waals surface area contributed by atoms with Crippen LogP contribution in [0.25, 0.3) is 0 Å². The summed E-state index contributed by atoms with van der Waals surface area (Å²) >= 11 is 6.16. The summed E-state index contributed by atoms with van der Waals surface area (Å²) in [6, 6.07) is 9.35. The minimum atomic E-state index is -3.74. The number of carbonyl (C=O) groups excluding carboxylic acids is 1. The largest absolute Gasteiger partial charge is 0.495 e. The lowest BCUT2D eigenvalue weighted by Crippen LogP contribution is -2.48. The Morgan fingerprint density at radius 1 is 1.14 bits per heavy atom. The zero-order chi connectivity index (χ0) is 21.9. The highest BCUT2D eigenvalue weighted by Crippen LogP contribution is 2.31. The predicted octanol–water partition coefficient (Wildman–Crippen LogP) is 4.00. The van der Waals surface area contributed by atoms with Crippen LogP contribution in [0.5, 0.6) is 5.75 Å². The molecule has 2 rings (SSSR count). The number of carbonyl (C=O) groups is 1. The van der Waals surface area contributed by atoms with Crippen LogP contribution in [0, 0.1) is 13.8 Å². The summed E-state index contributed by atoms with van der Waals surface area (Å²) in [7, 11) is -2.27. The quantitative estimate of drug-likeness (QED) is 0.708. The van der Waals surface area contributed by atoms with E-state index in [2.05, 4.69) is 5.32 Å². The molecule has 0 aliphatic heterocycles. The minimum Gasteiger partial charge on any atom is -0.495 e. The van der Waals surface area contributed by atoms with Gasteiger partial charge in [-0.2, -0.15) is 0 Å². The molecule has 8 heteroatoms. The Balaban J connectivity index is 2.30. The van der Waals surface area contributed by atoms with Crippen LogP contribution in [0.2, 0.25) is 5.02 Å². The summed E-state index contributed by atoms with van der Waals surface area (Å²) in [6.07, 6.45) is 1.06. The van der Waals surface area contributed by atoms with Gasteiger partial charge in [0.2, 0.25) is 15.9 Å². The number of methoxy groups -OCH3 is 1. The number of benzene rings is 2. The lowest BCUT2D eigenvalue weighted by Gasteiger charge is -2.29. The number of halogens is 1. The first-order chi connectivity index (χ1) is 13.5. The fourth-order valence-corrected chi connectivity index (χ4v) is 4.74. The summed E-state index contributed by atoms with van der Waals surface area (Å²) in [5, 5.41) is 3.17. The number of rotatable bonds is 7. The van der Waals surface area contributed by atoms with E-state index in [0.717, 1.165) is 27.3 Å². The minimum absolute atomic E-state index is 0.259. The molecule has 158 valence electrons. The first-order valence-corrected chi connectivity index (χ1v) is 11.4. The number of hydrogen-bond donors (Lipinski definition) is 1. The number of sulfonamides is 1. The van der Waals surface area contributed by atoms with Gasteiger partial charge in [0.25, 0.3) is 0 Å². The third-order valence-electron chi connectivity index (χ3n) is 4.73. The smallest absolute Gasteiger partial charge is 0.244 e. The first-order valence-electron chi connectivity index (χ1n) is 9.16. The molecule has 6 nitrogen and oxygen atoms in total. The van der Waals surface area contributed by atoms with Crippen LogP contribution in [0.15, 0.2) is 36.4 Å². The van der Waals surface area contributed by atoms with Crippen LogP contribution in [-0.2, 0) is 14.8 Å². The molecule has 0 aliphatic carbocycles. The standard InChI is InChI=1S/C21H27ClN2O4S/c1-13-7-9-18(14(2)11-13)15(3)23-21(25)16(4)24(29(6,26)27)17-8-10-20(28-5)19(22)12-17/h7-12,15-16H,1-6H3,(H,23,25)/t15-,16-/m0/s1. The second-order valence-electron chi connectivity index (χ2n) is 7.14. The van der Waals surface area contributed by atoms with E-state index in [-0.39, 0.29) is 11.1 Å². The Labute approximate surface area is 177 Å². The Morgan fingerprint density at radius 3 is 2.31 bits per heavy atom. The number of nitrogens with zero attached hydrogens (tertiary/aromatic N) is 1. The van der Waals surface area contributed by atoms with Gasteiger partial charge < -0.3 is 10.1 Å². The van der Waals surface area contributed by atoms with Crippen molar-refractivity contribution in [2.45, 2.75) is 39.8 Å². The molecule has 2 aromatic rings. The van der Waals surface area contributed by atoms with Crippen LogP contribution in [-0.4, -0.2) is 33.7 Å². The Bertz CT molecular complexity index is 1010. The predicted molar refractivity (Wildman–Crippen MR) is 117 cm³/mol. The van der Waals surface area contributed by atoms with Crippen molar-refractivity contribution in [1.29, 1.82) is 0 Å². The number of aryl methyl sites for hydroxylation is 2. The molecule has 0 saturated heterocycles. The van der Waals surface area contributed by atoms with E-state index in [4.69, 9.17) is 16.3 Å². The maximum absolute atomic E-state index is 12.9. The van der Waals surface area contributed by atoms with E-state index < -0.39 is 22.0 Å². The average molecular weight is 439 g/mol. The Kier molecular flexibility index (Phi) is 7.19. The molecular weight excluding hydrogens is 412 g/mol. The first kappa shape index (κ1) is 23.0.